The maximum atomic E-state index is 13.2. The number of aliphatic hydroxyl groups excluding tert-OH is 3. The molecule has 2 aromatic carbocycles. The number of imidazole rings is 1. The van der Waals surface area contributed by atoms with Crippen molar-refractivity contribution in [2.75, 3.05) is 32.0 Å². The number of aromatic nitrogens is 7. The van der Waals surface area contributed by atoms with Crippen molar-refractivity contribution in [3.63, 3.8) is 0 Å². The number of nitrogens with one attached hydrogen (secondary N) is 2. The fraction of sp³-hybridized carbons (Fsp3) is 0.425. The molecule has 8 rings (SSSR count). The van der Waals surface area contributed by atoms with Crippen LogP contribution in [0.1, 0.15) is 60.9 Å². The first-order valence-corrected chi connectivity index (χ1v) is 19.3. The molecule has 0 spiro atoms. The number of hydrogen-bond acceptors (Lipinski definition) is 11. The molecule has 7 N–H and O–H groups in total. The number of likely N-dealkylation sites (tertiary alicyclic amines) is 1. The quantitative estimate of drug-likeness (QED) is 0.0999. The van der Waals surface area contributed by atoms with Gasteiger partial charge in [-0.25, -0.2) is 19.1 Å². The lowest BCUT2D eigenvalue weighted by Gasteiger charge is -2.39. The fourth-order valence-electron chi connectivity index (χ4n) is 8.05. The Morgan fingerprint density at radius 2 is 1.89 bits per heavy atom. The average molecular weight is 766 g/mol. The van der Waals surface area contributed by atoms with Crippen LogP contribution < -0.4 is 15.6 Å². The number of aliphatic hydroxyl groups is 3. The fourth-order valence-corrected chi connectivity index (χ4v) is 8.05. The van der Waals surface area contributed by atoms with Gasteiger partial charge in [0, 0.05) is 43.2 Å². The number of H-pyrrole nitrogens is 1. The van der Waals surface area contributed by atoms with Gasteiger partial charge in [-0.15, -0.1) is 0 Å². The van der Waals surface area contributed by atoms with Crippen LogP contribution in [0.3, 0.4) is 0 Å². The van der Waals surface area contributed by atoms with E-state index in [0.717, 1.165) is 66.0 Å². The minimum atomic E-state index is -1.28. The van der Waals surface area contributed by atoms with Crippen LogP contribution >= 0.6 is 0 Å². The number of fused-ring (bicyclic) bond motifs is 2. The number of carbonyl (C=O) groups is 1. The smallest absolute Gasteiger partial charge is 0.277 e. The van der Waals surface area contributed by atoms with Gasteiger partial charge in [-0.1, -0.05) is 30.3 Å². The number of hydrogen-bond donors (Lipinski definition) is 6. The van der Waals surface area contributed by atoms with Gasteiger partial charge >= 0.3 is 0 Å². The number of anilines is 1. The largest absolute Gasteiger partial charge is 0.389 e. The number of amides is 1. The van der Waals surface area contributed by atoms with Gasteiger partial charge in [-0.2, -0.15) is 5.10 Å². The van der Waals surface area contributed by atoms with Crippen LogP contribution in [0.5, 0.6) is 0 Å². The standard InChI is InChI=1S/C40H48N10O6/c1-3-48-29-11-10-25(18-30(29)49(4-2)33(48)20-43-39(54)34-37(41)46-38-28(45-34)12-15-42-38)26-19-44-50(21-26)27-13-16-47(17-14-27)22-31(51)35(53)36-32(52)23-55-40(56-36)24-8-6-5-7-9-24/h5-12,15,18-19,21,27,31-32,35-36,40,51-53H,3-4,13-14,16-17,20,22-23H2,1-2H3,(H3-,41,42,43,45,46,54)/p+1/t31-,32+,35+,36+,40?/m0/s1. The van der Waals surface area contributed by atoms with E-state index in [0.29, 0.717) is 17.7 Å². The Kier molecular flexibility index (Phi) is 10.8. The third-order valence-electron chi connectivity index (χ3n) is 11.0. The Balaban J connectivity index is 0.901. The number of nitrogens with two attached hydrogens (primary N) is 1. The lowest BCUT2D eigenvalue weighted by atomic mass is 9.99. The van der Waals surface area contributed by atoms with Crippen molar-refractivity contribution in [2.24, 2.45) is 0 Å². The van der Waals surface area contributed by atoms with Crippen molar-refractivity contribution >= 4 is 33.9 Å². The predicted molar refractivity (Wildman–Crippen MR) is 207 cm³/mol. The highest BCUT2D eigenvalue weighted by Gasteiger charge is 2.40. The Hall–Kier alpha value is -5.23. The summed E-state index contributed by atoms with van der Waals surface area (Å²) in [5.74, 6) is 0.641. The molecular formula is C40H49N10O6+. The minimum absolute atomic E-state index is 0.00373. The summed E-state index contributed by atoms with van der Waals surface area (Å²) < 4.78 is 18.0. The molecule has 0 bridgehead atoms. The molecule has 16 heteroatoms. The topological polar surface area (TPSA) is 206 Å². The van der Waals surface area contributed by atoms with Crippen molar-refractivity contribution in [1.82, 2.24) is 39.5 Å². The third-order valence-corrected chi connectivity index (χ3v) is 11.0. The highest BCUT2D eigenvalue weighted by atomic mass is 16.7. The molecule has 0 saturated carbocycles. The van der Waals surface area contributed by atoms with Crippen LogP contribution in [-0.2, 0) is 29.1 Å². The molecule has 0 aliphatic carbocycles. The monoisotopic (exact) mass is 765 g/mol. The van der Waals surface area contributed by atoms with Crippen molar-refractivity contribution in [2.45, 2.75) is 83.1 Å². The van der Waals surface area contributed by atoms with Crippen LogP contribution in [0.2, 0.25) is 0 Å². The molecule has 2 saturated heterocycles. The maximum absolute atomic E-state index is 13.2. The molecule has 0 radical (unpaired) electrons. The first-order chi connectivity index (χ1) is 27.2. The second-order valence-corrected chi connectivity index (χ2v) is 14.5. The van der Waals surface area contributed by atoms with Gasteiger partial charge in [-0.05, 0) is 56.5 Å². The zero-order chi connectivity index (χ0) is 38.9. The van der Waals surface area contributed by atoms with Crippen LogP contribution in [0.15, 0.2) is 73.2 Å². The van der Waals surface area contributed by atoms with Crippen molar-refractivity contribution < 1.29 is 34.2 Å². The number of aryl methyl sites for hydroxylation is 2. The second-order valence-electron chi connectivity index (χ2n) is 14.5. The molecular weight excluding hydrogens is 717 g/mol. The minimum Gasteiger partial charge on any atom is -0.389 e. The second kappa shape index (κ2) is 16.1. The molecule has 1 unspecified atom stereocenters. The first-order valence-electron chi connectivity index (χ1n) is 19.3. The van der Waals surface area contributed by atoms with E-state index in [2.05, 4.69) is 72.5 Å². The third kappa shape index (κ3) is 7.38. The lowest BCUT2D eigenvalue weighted by Crippen LogP contribution is -2.54. The molecule has 6 aromatic rings. The van der Waals surface area contributed by atoms with Crippen LogP contribution in [0, 0.1) is 0 Å². The van der Waals surface area contributed by atoms with Gasteiger partial charge in [0.15, 0.2) is 34.5 Å². The number of β-amino-alcohol motifs (C(OH)–C–C–N with tert-alkyl or cyclic N) is 1. The number of nitrogen functional groups attached to an aromatic ring is 1. The summed E-state index contributed by atoms with van der Waals surface area (Å²) in [6.07, 6.45) is 2.22. The van der Waals surface area contributed by atoms with E-state index in [-0.39, 0.29) is 43.2 Å². The van der Waals surface area contributed by atoms with E-state index in [1.54, 1.807) is 12.3 Å². The average Bonchev–Trinajstić information content (AvgIpc) is 3.97. The molecule has 294 valence electrons. The summed E-state index contributed by atoms with van der Waals surface area (Å²) in [5, 5.41) is 40.4. The number of benzene rings is 2. The van der Waals surface area contributed by atoms with E-state index in [1.165, 1.54) is 0 Å². The number of ether oxygens (including phenoxy) is 2. The van der Waals surface area contributed by atoms with Gasteiger partial charge in [0.2, 0.25) is 0 Å². The zero-order valence-electron chi connectivity index (χ0n) is 31.5. The Labute approximate surface area is 323 Å². The Morgan fingerprint density at radius 3 is 2.66 bits per heavy atom. The van der Waals surface area contributed by atoms with Crippen molar-refractivity contribution in [3.8, 4) is 11.1 Å². The van der Waals surface area contributed by atoms with E-state index in [4.69, 9.17) is 20.3 Å². The normalized spacial score (nSPS) is 20.8. The van der Waals surface area contributed by atoms with Crippen LogP contribution in [-0.4, -0.2) is 106 Å². The van der Waals surface area contributed by atoms with E-state index in [9.17, 15) is 20.1 Å². The summed E-state index contributed by atoms with van der Waals surface area (Å²) in [4.78, 5) is 27.0. The number of carbonyl (C=O) groups excluding carboxylic acids is 1. The number of piperidine rings is 1. The summed E-state index contributed by atoms with van der Waals surface area (Å²) in [6.45, 7) is 7.59. The molecule has 2 aliphatic heterocycles. The number of aromatic amines is 1. The van der Waals surface area contributed by atoms with Gasteiger partial charge in [0.05, 0.1) is 38.0 Å². The van der Waals surface area contributed by atoms with Gasteiger partial charge in [-0.3, -0.25) is 9.48 Å². The van der Waals surface area contributed by atoms with Gasteiger partial charge in [0.1, 0.15) is 30.4 Å². The highest BCUT2D eigenvalue weighted by Crippen LogP contribution is 2.31. The molecule has 6 heterocycles. The zero-order valence-corrected chi connectivity index (χ0v) is 31.5. The Bertz CT molecular complexity index is 2300. The number of rotatable bonds is 12. The van der Waals surface area contributed by atoms with Crippen LogP contribution in [0.4, 0.5) is 5.82 Å². The molecule has 5 atom stereocenters. The molecule has 1 amide bonds. The SMILES string of the molecule is CCn1c(CNC(=O)c2nc3cc[nH]c3nc2N)[n+](CC)c2ccc(-c3cnn(C4CCN(C[C@H](O)[C@@H](O)[C@@H]5OC(c6ccccc6)OC[C@H]5O)CC4)c3)cc21. The summed E-state index contributed by atoms with van der Waals surface area (Å²) >= 11 is 0. The van der Waals surface area contributed by atoms with Crippen LogP contribution in [0.25, 0.3) is 33.3 Å². The summed E-state index contributed by atoms with van der Waals surface area (Å²) in [6, 6.07) is 17.7. The Morgan fingerprint density at radius 1 is 1.09 bits per heavy atom. The summed E-state index contributed by atoms with van der Waals surface area (Å²) in [5.41, 5.74) is 12.2. The number of nitrogens with zero attached hydrogens (tertiary/aromatic N) is 7. The molecule has 4 aromatic heterocycles. The molecule has 2 aliphatic rings. The van der Waals surface area contributed by atoms with Gasteiger partial charge in [0.25, 0.3) is 11.7 Å². The highest BCUT2D eigenvalue weighted by molar-refractivity contribution is 5.98. The molecule has 2 fully saturated rings. The van der Waals surface area contributed by atoms with E-state index in [1.807, 2.05) is 41.2 Å². The van der Waals surface area contributed by atoms with E-state index >= 15 is 0 Å². The van der Waals surface area contributed by atoms with Gasteiger partial charge < -0.3 is 45.7 Å². The predicted octanol–water partition coefficient (Wildman–Crippen LogP) is 2.45. The van der Waals surface area contributed by atoms with E-state index < -0.39 is 30.7 Å². The first kappa shape index (κ1) is 37.7. The maximum Gasteiger partial charge on any atom is 0.277 e. The van der Waals surface area contributed by atoms with Crippen molar-refractivity contribution in [1.29, 1.82) is 0 Å². The lowest BCUT2D eigenvalue weighted by molar-refractivity contribution is -0.676. The molecule has 16 nitrogen and oxygen atoms in total. The molecule has 56 heavy (non-hydrogen) atoms. The summed E-state index contributed by atoms with van der Waals surface area (Å²) in [7, 11) is 0. The van der Waals surface area contributed by atoms with Crippen molar-refractivity contribution in [3.05, 3.63) is 90.3 Å².